The molecule has 1 rings (SSSR count). The molecule has 6 heteroatoms. The van der Waals surface area contributed by atoms with Gasteiger partial charge in [0.05, 0.1) is 11.2 Å². The number of hydrogen-bond acceptors (Lipinski definition) is 5. The van der Waals surface area contributed by atoms with E-state index in [1.807, 2.05) is 48.5 Å². The second kappa shape index (κ2) is 5.66. The Morgan fingerprint density at radius 2 is 1.65 bits per heavy atom. The predicted octanol–water partition coefficient (Wildman–Crippen LogP) is 2.14. The van der Waals surface area contributed by atoms with Crippen LogP contribution in [0.3, 0.4) is 0 Å². The molecule has 1 fully saturated rings. The summed E-state index contributed by atoms with van der Waals surface area (Å²) in [6.07, 6.45) is 0.199. The van der Waals surface area contributed by atoms with E-state index in [2.05, 4.69) is 0 Å². The zero-order valence-electron chi connectivity index (χ0n) is 13.8. The summed E-state index contributed by atoms with van der Waals surface area (Å²) in [6, 6.07) is 0. The van der Waals surface area contributed by atoms with E-state index in [-0.39, 0.29) is 18.2 Å². The molecule has 20 heavy (non-hydrogen) atoms. The van der Waals surface area contributed by atoms with Crippen LogP contribution in [0.4, 0.5) is 0 Å². The molecule has 5 nitrogen and oxygen atoms in total. The Kier molecular flexibility index (Phi) is 4.94. The first kappa shape index (κ1) is 17.5. The van der Waals surface area contributed by atoms with Gasteiger partial charge in [-0.1, -0.05) is 0 Å². The van der Waals surface area contributed by atoms with Crippen LogP contribution in [0.15, 0.2) is 0 Å². The van der Waals surface area contributed by atoms with Crippen molar-refractivity contribution in [2.24, 2.45) is 5.73 Å². The number of carbonyl (C=O) groups is 1. The highest BCUT2D eigenvalue weighted by Crippen LogP contribution is 2.40. The van der Waals surface area contributed by atoms with E-state index in [4.69, 9.17) is 19.8 Å². The molecule has 2 N–H and O–H groups in total. The predicted molar refractivity (Wildman–Crippen MR) is 79.3 cm³/mol. The minimum Gasteiger partial charge on any atom is -0.460 e. The van der Waals surface area contributed by atoms with Crippen LogP contribution in [0.2, 0.25) is 5.82 Å². The number of esters is 1. The maximum Gasteiger partial charge on any atom is 0.463 e. The Hall–Kier alpha value is -0.585. The zero-order valence-corrected chi connectivity index (χ0v) is 13.8. The van der Waals surface area contributed by atoms with Crippen LogP contribution in [-0.4, -0.2) is 36.4 Å². The summed E-state index contributed by atoms with van der Waals surface area (Å²) in [5.41, 5.74) is 4.44. The molecule has 0 spiro atoms. The van der Waals surface area contributed by atoms with Gasteiger partial charge in [0.2, 0.25) is 0 Å². The first-order valence-corrected chi connectivity index (χ1v) is 7.15. The molecule has 1 atom stereocenters. The van der Waals surface area contributed by atoms with Crippen LogP contribution in [0.1, 0.15) is 54.9 Å². The van der Waals surface area contributed by atoms with Gasteiger partial charge in [-0.3, -0.25) is 4.79 Å². The molecule has 0 saturated carbocycles. The Morgan fingerprint density at radius 3 is 2.00 bits per heavy atom. The van der Waals surface area contributed by atoms with Gasteiger partial charge in [0.1, 0.15) is 5.60 Å². The third kappa shape index (κ3) is 4.20. The molecule has 0 aromatic rings. The molecular formula is C14H28BNO4. The van der Waals surface area contributed by atoms with Crippen LogP contribution in [0.5, 0.6) is 0 Å². The van der Waals surface area contributed by atoms with Gasteiger partial charge in [-0.05, 0) is 55.0 Å². The van der Waals surface area contributed by atoms with Crippen molar-refractivity contribution >= 4 is 13.1 Å². The Labute approximate surface area is 122 Å². The lowest BCUT2D eigenvalue weighted by atomic mass is 9.70. The SMILES string of the molecule is CC(C)(C)OC(=O)CC(CN)B1OC(C)(C)C(C)(C)O1. The summed E-state index contributed by atoms with van der Waals surface area (Å²) in [5, 5.41) is 0. The quantitative estimate of drug-likeness (QED) is 0.633. The molecule has 1 saturated heterocycles. The molecule has 0 aliphatic carbocycles. The maximum atomic E-state index is 11.9. The highest BCUT2D eigenvalue weighted by molar-refractivity contribution is 6.48. The third-order valence-electron chi connectivity index (χ3n) is 3.81. The molecule has 116 valence electrons. The minimum absolute atomic E-state index is 0.199. The summed E-state index contributed by atoms with van der Waals surface area (Å²) in [7, 11) is -0.475. The summed E-state index contributed by atoms with van der Waals surface area (Å²) in [6.45, 7) is 13.8. The molecule has 0 aromatic heterocycles. The highest BCUT2D eigenvalue weighted by Gasteiger charge is 2.53. The van der Waals surface area contributed by atoms with Crippen molar-refractivity contribution in [1.82, 2.24) is 0 Å². The fourth-order valence-corrected chi connectivity index (χ4v) is 1.97. The molecular weight excluding hydrogens is 257 g/mol. The van der Waals surface area contributed by atoms with E-state index < -0.39 is 23.9 Å². The first-order valence-electron chi connectivity index (χ1n) is 7.15. The highest BCUT2D eigenvalue weighted by atomic mass is 16.7. The average Bonchev–Trinajstić information content (AvgIpc) is 2.42. The fourth-order valence-electron chi connectivity index (χ4n) is 1.97. The lowest BCUT2D eigenvalue weighted by molar-refractivity contribution is -0.155. The molecule has 1 unspecified atom stereocenters. The van der Waals surface area contributed by atoms with Crippen LogP contribution in [-0.2, 0) is 18.8 Å². The Bertz CT molecular complexity index is 347. The van der Waals surface area contributed by atoms with Gasteiger partial charge in [0, 0.05) is 12.2 Å². The van der Waals surface area contributed by atoms with Crippen LogP contribution < -0.4 is 5.73 Å². The van der Waals surface area contributed by atoms with Gasteiger partial charge in [-0.15, -0.1) is 0 Å². The smallest absolute Gasteiger partial charge is 0.460 e. The van der Waals surface area contributed by atoms with Crippen LogP contribution >= 0.6 is 0 Å². The van der Waals surface area contributed by atoms with E-state index in [9.17, 15) is 4.79 Å². The van der Waals surface area contributed by atoms with Crippen LogP contribution in [0, 0.1) is 0 Å². The van der Waals surface area contributed by atoms with E-state index in [1.165, 1.54) is 0 Å². The van der Waals surface area contributed by atoms with E-state index in [0.29, 0.717) is 6.54 Å². The summed E-state index contributed by atoms with van der Waals surface area (Å²) < 4.78 is 17.2. The second-order valence-electron chi connectivity index (χ2n) is 7.41. The van der Waals surface area contributed by atoms with Crippen molar-refractivity contribution in [2.75, 3.05) is 6.54 Å². The molecule has 0 aromatic carbocycles. The molecule has 1 aliphatic heterocycles. The van der Waals surface area contributed by atoms with Crippen molar-refractivity contribution in [3.8, 4) is 0 Å². The number of hydrogen-bond donors (Lipinski definition) is 1. The minimum atomic E-state index is -0.494. The second-order valence-corrected chi connectivity index (χ2v) is 7.41. The number of ether oxygens (including phenoxy) is 1. The van der Waals surface area contributed by atoms with Crippen molar-refractivity contribution in [1.29, 1.82) is 0 Å². The van der Waals surface area contributed by atoms with Crippen molar-refractivity contribution in [2.45, 2.75) is 77.5 Å². The number of nitrogens with two attached hydrogens (primary N) is 1. The summed E-state index contributed by atoms with van der Waals surface area (Å²) >= 11 is 0. The zero-order chi connectivity index (χ0) is 15.8. The topological polar surface area (TPSA) is 70.8 Å². The molecule has 1 heterocycles. The van der Waals surface area contributed by atoms with Crippen molar-refractivity contribution in [3.05, 3.63) is 0 Å². The van der Waals surface area contributed by atoms with Gasteiger partial charge in [-0.25, -0.2) is 0 Å². The molecule has 0 radical (unpaired) electrons. The van der Waals surface area contributed by atoms with E-state index in [0.717, 1.165) is 0 Å². The van der Waals surface area contributed by atoms with E-state index >= 15 is 0 Å². The van der Waals surface area contributed by atoms with Crippen molar-refractivity contribution in [3.63, 3.8) is 0 Å². The third-order valence-corrected chi connectivity index (χ3v) is 3.81. The number of carbonyl (C=O) groups excluding carboxylic acids is 1. The Morgan fingerprint density at radius 1 is 1.20 bits per heavy atom. The largest absolute Gasteiger partial charge is 0.463 e. The van der Waals surface area contributed by atoms with Crippen LogP contribution in [0.25, 0.3) is 0 Å². The van der Waals surface area contributed by atoms with Gasteiger partial charge in [0.25, 0.3) is 0 Å². The first-order chi connectivity index (χ1) is 8.88. The van der Waals surface area contributed by atoms with E-state index in [1.54, 1.807) is 0 Å². The fraction of sp³-hybridized carbons (Fsp3) is 0.929. The number of rotatable bonds is 4. The maximum absolute atomic E-state index is 11.9. The standard InChI is InChI=1S/C14H28BNO4/c1-12(2,3)18-11(17)8-10(9-16)15-19-13(4,5)14(6,7)20-15/h10H,8-9,16H2,1-7H3. The Balaban J connectivity index is 2.67. The molecule has 1 aliphatic rings. The average molecular weight is 285 g/mol. The molecule has 0 amide bonds. The summed E-state index contributed by atoms with van der Waals surface area (Å²) in [5.74, 6) is -0.478. The van der Waals surface area contributed by atoms with Gasteiger partial charge >= 0.3 is 13.1 Å². The monoisotopic (exact) mass is 285 g/mol. The lowest BCUT2D eigenvalue weighted by Crippen LogP contribution is -2.41. The van der Waals surface area contributed by atoms with Crippen molar-refractivity contribution < 1.29 is 18.8 Å². The molecule has 0 bridgehead atoms. The van der Waals surface area contributed by atoms with Gasteiger partial charge < -0.3 is 19.8 Å². The van der Waals surface area contributed by atoms with Gasteiger partial charge in [-0.2, -0.15) is 0 Å². The normalized spacial score (nSPS) is 22.7. The van der Waals surface area contributed by atoms with Gasteiger partial charge in [0.15, 0.2) is 0 Å². The lowest BCUT2D eigenvalue weighted by Gasteiger charge is -2.32. The summed E-state index contributed by atoms with van der Waals surface area (Å²) in [4.78, 5) is 11.9.